The molecule has 2 fully saturated rings. The molecule has 0 aromatic carbocycles. The lowest BCUT2D eigenvalue weighted by Crippen LogP contribution is -2.36. The minimum Gasteiger partial charge on any atom is -0.381 e. The van der Waals surface area contributed by atoms with Gasteiger partial charge >= 0.3 is 0 Å². The summed E-state index contributed by atoms with van der Waals surface area (Å²) in [5.41, 5.74) is 0. The topological polar surface area (TPSA) is 77.2 Å². The molecule has 1 atom stereocenters. The summed E-state index contributed by atoms with van der Waals surface area (Å²) in [4.78, 5) is 14.9. The molecule has 8 heteroatoms. The van der Waals surface area contributed by atoms with E-state index in [-0.39, 0.29) is 11.8 Å². The van der Waals surface area contributed by atoms with Gasteiger partial charge in [-0.25, -0.2) is 4.68 Å². The Kier molecular flexibility index (Phi) is 5.84. The number of amides is 1. The third kappa shape index (κ3) is 4.56. The predicted molar refractivity (Wildman–Crippen MR) is 101 cm³/mol. The number of nitrogens with one attached hydrogen (secondary N) is 1. The maximum absolute atomic E-state index is 12.4. The number of aromatic nitrogens is 4. The van der Waals surface area contributed by atoms with Gasteiger partial charge in [-0.15, -0.1) is 0 Å². The van der Waals surface area contributed by atoms with Gasteiger partial charge in [0.1, 0.15) is 5.82 Å². The molecular formula is C19H28N6O2. The van der Waals surface area contributed by atoms with Crippen LogP contribution in [0.15, 0.2) is 30.7 Å². The molecule has 2 aromatic heterocycles. The van der Waals surface area contributed by atoms with Crippen molar-refractivity contribution < 1.29 is 9.53 Å². The summed E-state index contributed by atoms with van der Waals surface area (Å²) in [7, 11) is 0. The third-order valence-electron chi connectivity index (χ3n) is 5.55. The molecule has 4 heterocycles. The van der Waals surface area contributed by atoms with Crippen LogP contribution in [-0.2, 0) is 16.1 Å². The van der Waals surface area contributed by atoms with Crippen molar-refractivity contribution in [3.8, 4) is 0 Å². The fourth-order valence-corrected chi connectivity index (χ4v) is 3.95. The van der Waals surface area contributed by atoms with Gasteiger partial charge in [0.25, 0.3) is 0 Å². The van der Waals surface area contributed by atoms with Crippen molar-refractivity contribution in [3.05, 3.63) is 30.7 Å². The van der Waals surface area contributed by atoms with Crippen LogP contribution in [-0.4, -0.2) is 63.2 Å². The van der Waals surface area contributed by atoms with Crippen LogP contribution in [0.25, 0.3) is 0 Å². The highest BCUT2D eigenvalue weighted by atomic mass is 16.5. The van der Waals surface area contributed by atoms with Crippen molar-refractivity contribution >= 4 is 11.7 Å². The number of piperidine rings is 1. The maximum atomic E-state index is 12.4. The zero-order valence-corrected chi connectivity index (χ0v) is 15.7. The van der Waals surface area contributed by atoms with Crippen LogP contribution in [0.4, 0.5) is 5.82 Å². The molecule has 0 saturated carbocycles. The average Bonchev–Trinajstić information content (AvgIpc) is 3.45. The van der Waals surface area contributed by atoms with Gasteiger partial charge in [-0.2, -0.15) is 10.2 Å². The van der Waals surface area contributed by atoms with Crippen LogP contribution < -0.4 is 5.32 Å². The fraction of sp³-hybridized carbons (Fsp3) is 0.632. The molecule has 2 saturated heterocycles. The van der Waals surface area contributed by atoms with Crippen LogP contribution in [0, 0.1) is 5.92 Å². The first-order chi connectivity index (χ1) is 13.3. The van der Waals surface area contributed by atoms with Gasteiger partial charge < -0.3 is 15.0 Å². The first-order valence-electron chi connectivity index (χ1n) is 9.91. The van der Waals surface area contributed by atoms with E-state index in [1.807, 2.05) is 33.9 Å². The summed E-state index contributed by atoms with van der Waals surface area (Å²) in [5.74, 6) is 0.819. The predicted octanol–water partition coefficient (Wildman–Crippen LogP) is 1.78. The molecule has 8 nitrogen and oxygen atoms in total. The molecule has 0 radical (unpaired) electrons. The van der Waals surface area contributed by atoms with Crippen molar-refractivity contribution in [1.82, 2.24) is 24.5 Å². The van der Waals surface area contributed by atoms with Gasteiger partial charge in [0, 0.05) is 44.7 Å². The zero-order valence-electron chi connectivity index (χ0n) is 15.7. The van der Waals surface area contributed by atoms with Crippen molar-refractivity contribution in [2.75, 3.05) is 38.2 Å². The van der Waals surface area contributed by atoms with Gasteiger partial charge in [-0.3, -0.25) is 9.48 Å². The monoisotopic (exact) mass is 372 g/mol. The second-order valence-electron chi connectivity index (χ2n) is 7.41. The standard InChI is InChI=1S/C19H28N6O2/c26-19(16-6-14-27-15-16)22-18-3-8-21-25(18)17-4-12-23(13-5-17)9-2-11-24-10-1-7-20-24/h1,3,7-8,10,16-17H,2,4-6,9,11-15H2,(H,22,26)/t16-/m1/s1. The Morgan fingerprint density at radius 1 is 1.19 bits per heavy atom. The minimum atomic E-state index is -0.0371. The smallest absolute Gasteiger partial charge is 0.231 e. The van der Waals surface area contributed by atoms with Gasteiger partial charge in [0.2, 0.25) is 5.91 Å². The normalized spacial score (nSPS) is 21.6. The van der Waals surface area contributed by atoms with Gasteiger partial charge in [-0.1, -0.05) is 0 Å². The molecule has 0 aliphatic carbocycles. The van der Waals surface area contributed by atoms with Crippen LogP contribution in [0.2, 0.25) is 0 Å². The Hall–Kier alpha value is -2.19. The SMILES string of the molecule is O=C(Nc1ccnn1C1CCN(CCCn2cccn2)CC1)[C@@H]1CCOC1. The average molecular weight is 372 g/mol. The Bertz CT molecular complexity index is 714. The molecular weight excluding hydrogens is 344 g/mol. The summed E-state index contributed by atoms with van der Waals surface area (Å²) >= 11 is 0. The number of carbonyl (C=O) groups is 1. The van der Waals surface area contributed by atoms with Crippen LogP contribution in [0.1, 0.15) is 31.7 Å². The Morgan fingerprint density at radius 2 is 2.07 bits per heavy atom. The first kappa shape index (κ1) is 18.2. The largest absolute Gasteiger partial charge is 0.381 e. The van der Waals surface area contributed by atoms with Crippen molar-refractivity contribution in [2.45, 2.75) is 38.3 Å². The lowest BCUT2D eigenvalue weighted by molar-refractivity contribution is -0.119. The highest BCUT2D eigenvalue weighted by Gasteiger charge is 2.26. The van der Waals surface area contributed by atoms with E-state index < -0.39 is 0 Å². The van der Waals surface area contributed by atoms with E-state index in [1.54, 1.807) is 6.20 Å². The highest BCUT2D eigenvalue weighted by Crippen LogP contribution is 2.26. The van der Waals surface area contributed by atoms with Crippen LogP contribution in [0.3, 0.4) is 0 Å². The van der Waals surface area contributed by atoms with Crippen molar-refractivity contribution in [2.24, 2.45) is 5.92 Å². The second-order valence-corrected chi connectivity index (χ2v) is 7.41. The molecule has 2 aliphatic heterocycles. The molecule has 27 heavy (non-hydrogen) atoms. The summed E-state index contributed by atoms with van der Waals surface area (Å²) in [5, 5.41) is 11.8. The number of ether oxygens (including phenoxy) is 1. The van der Waals surface area contributed by atoms with E-state index in [1.165, 1.54) is 0 Å². The lowest BCUT2D eigenvalue weighted by Gasteiger charge is -2.32. The molecule has 2 aromatic rings. The number of rotatable bonds is 7. The maximum Gasteiger partial charge on any atom is 0.231 e. The Morgan fingerprint density at radius 3 is 2.81 bits per heavy atom. The molecule has 146 valence electrons. The fourth-order valence-electron chi connectivity index (χ4n) is 3.95. The number of aryl methyl sites for hydroxylation is 1. The van der Waals surface area contributed by atoms with E-state index >= 15 is 0 Å². The van der Waals surface area contributed by atoms with Gasteiger partial charge in [0.05, 0.1) is 24.8 Å². The number of hydrogen-bond donors (Lipinski definition) is 1. The highest BCUT2D eigenvalue weighted by molar-refractivity contribution is 5.92. The van der Waals surface area contributed by atoms with Crippen LogP contribution in [0.5, 0.6) is 0 Å². The molecule has 1 amide bonds. The quantitative estimate of drug-likeness (QED) is 0.802. The van der Waals surface area contributed by atoms with E-state index in [2.05, 4.69) is 20.4 Å². The van der Waals surface area contributed by atoms with Crippen molar-refractivity contribution in [1.29, 1.82) is 0 Å². The molecule has 1 N–H and O–H groups in total. The van der Waals surface area contributed by atoms with E-state index in [4.69, 9.17) is 4.74 Å². The number of nitrogens with zero attached hydrogens (tertiary/aromatic N) is 5. The Balaban J connectivity index is 1.24. The van der Waals surface area contributed by atoms with Gasteiger partial charge in [0.15, 0.2) is 0 Å². The minimum absolute atomic E-state index is 0.0371. The number of carbonyl (C=O) groups excluding carboxylic acids is 1. The van der Waals surface area contributed by atoms with Crippen molar-refractivity contribution in [3.63, 3.8) is 0 Å². The van der Waals surface area contributed by atoms with E-state index in [9.17, 15) is 4.79 Å². The zero-order chi connectivity index (χ0) is 18.5. The van der Waals surface area contributed by atoms with Gasteiger partial charge in [-0.05, 0) is 38.3 Å². The molecule has 0 bridgehead atoms. The number of likely N-dealkylation sites (tertiary alicyclic amines) is 1. The number of hydrogen-bond acceptors (Lipinski definition) is 5. The molecule has 0 unspecified atom stereocenters. The summed E-state index contributed by atoms with van der Waals surface area (Å²) in [6, 6.07) is 4.20. The first-order valence-corrected chi connectivity index (χ1v) is 9.91. The molecule has 0 spiro atoms. The summed E-state index contributed by atoms with van der Waals surface area (Å²) in [6.45, 7) is 5.39. The van der Waals surface area contributed by atoms with Crippen LogP contribution >= 0.6 is 0 Å². The Labute approximate surface area is 159 Å². The van der Waals surface area contributed by atoms with E-state index in [0.29, 0.717) is 19.3 Å². The summed E-state index contributed by atoms with van der Waals surface area (Å²) in [6.07, 6.45) is 9.63. The third-order valence-corrected chi connectivity index (χ3v) is 5.55. The molecule has 4 rings (SSSR count). The number of anilines is 1. The second kappa shape index (κ2) is 8.67. The lowest BCUT2D eigenvalue weighted by atomic mass is 10.0. The summed E-state index contributed by atoms with van der Waals surface area (Å²) < 4.78 is 9.30. The van der Waals surface area contributed by atoms with E-state index in [0.717, 1.165) is 57.7 Å². The molecule has 2 aliphatic rings.